The summed E-state index contributed by atoms with van der Waals surface area (Å²) in [5, 5.41) is 28.1. The van der Waals surface area contributed by atoms with Gasteiger partial charge in [0.1, 0.15) is 12.1 Å². The Labute approximate surface area is 140 Å². The molecule has 0 aliphatic carbocycles. The lowest BCUT2D eigenvalue weighted by molar-refractivity contribution is -0.141. The van der Waals surface area contributed by atoms with Gasteiger partial charge in [-0.2, -0.15) is 0 Å². The molecule has 1 aromatic carbocycles. The second-order valence-corrected chi connectivity index (χ2v) is 5.14. The van der Waals surface area contributed by atoms with E-state index in [4.69, 9.17) is 21.1 Å². The Hall–Kier alpha value is -2.45. The topological polar surface area (TPSA) is 150 Å². The number of carboxylic acids is 3. The van der Waals surface area contributed by atoms with Crippen molar-refractivity contribution in [1.29, 1.82) is 0 Å². The fraction of sp³-hybridized carbons (Fsp3) is 0.438. The van der Waals surface area contributed by atoms with Gasteiger partial charge in [-0.25, -0.2) is 0 Å². The molecule has 1 rings (SSSR count). The van der Waals surface area contributed by atoms with Crippen LogP contribution in [0.1, 0.15) is 25.3 Å². The summed E-state index contributed by atoms with van der Waals surface area (Å²) >= 11 is 0. The largest absolute Gasteiger partial charge is 0.481 e. The van der Waals surface area contributed by atoms with Crippen molar-refractivity contribution in [1.82, 2.24) is 5.32 Å². The molecule has 1 aromatic rings. The first kappa shape index (κ1) is 21.6. The van der Waals surface area contributed by atoms with Gasteiger partial charge in [-0.1, -0.05) is 30.3 Å². The molecule has 6 N–H and O–H groups in total. The van der Waals surface area contributed by atoms with Crippen LogP contribution in [0, 0.1) is 0 Å². The number of benzene rings is 1. The number of nitrogens with one attached hydrogen (secondary N) is 1. The van der Waals surface area contributed by atoms with Gasteiger partial charge in [0.2, 0.25) is 0 Å². The molecule has 0 amide bonds. The molecule has 0 radical (unpaired) electrons. The first-order valence-corrected chi connectivity index (χ1v) is 7.44. The summed E-state index contributed by atoms with van der Waals surface area (Å²) in [7, 11) is 0. The molecule has 0 heterocycles. The zero-order valence-corrected chi connectivity index (χ0v) is 13.5. The number of hydrogen-bond acceptors (Lipinski definition) is 5. The zero-order valence-electron chi connectivity index (χ0n) is 13.5. The lowest BCUT2D eigenvalue weighted by Crippen LogP contribution is -2.38. The van der Waals surface area contributed by atoms with Gasteiger partial charge in [0.05, 0.1) is 6.42 Å². The van der Waals surface area contributed by atoms with Gasteiger partial charge in [-0.3, -0.25) is 14.4 Å². The molecule has 0 aliphatic heterocycles. The highest BCUT2D eigenvalue weighted by Crippen LogP contribution is 2.05. The lowest BCUT2D eigenvalue weighted by atomic mass is 10.1. The fourth-order valence-electron chi connectivity index (χ4n) is 1.62. The summed E-state index contributed by atoms with van der Waals surface area (Å²) < 4.78 is 0. The van der Waals surface area contributed by atoms with Crippen LogP contribution >= 0.6 is 0 Å². The van der Waals surface area contributed by atoms with E-state index < -0.39 is 30.0 Å². The van der Waals surface area contributed by atoms with Gasteiger partial charge < -0.3 is 26.4 Å². The van der Waals surface area contributed by atoms with Gasteiger partial charge in [0.15, 0.2) is 0 Å². The highest BCUT2D eigenvalue weighted by Gasteiger charge is 2.16. The predicted molar refractivity (Wildman–Crippen MR) is 87.7 cm³/mol. The summed E-state index contributed by atoms with van der Waals surface area (Å²) in [4.78, 5) is 30.9. The monoisotopic (exact) mass is 340 g/mol. The molecule has 8 heteroatoms. The summed E-state index contributed by atoms with van der Waals surface area (Å²) in [6.45, 7) is 1.59. The van der Waals surface area contributed by atoms with E-state index in [0.717, 1.165) is 5.56 Å². The molecule has 0 aromatic heterocycles. The van der Waals surface area contributed by atoms with Crippen LogP contribution in [0.25, 0.3) is 0 Å². The standard InChI is InChI=1S/C13H17NO4.C3H7NO2/c15-12(16)8-9-14-11(13(17)18)7-6-10-4-2-1-3-5-10;1-2(4)3(5)6/h1-5,11,14H,6-9H2,(H,15,16)(H,17,18);2H,4H2,1H3,(H,5,6)/t11-;2-/m10/s1. The van der Waals surface area contributed by atoms with E-state index in [1.54, 1.807) is 0 Å². The van der Waals surface area contributed by atoms with Crippen LogP contribution in [-0.2, 0) is 20.8 Å². The van der Waals surface area contributed by atoms with Crippen LogP contribution < -0.4 is 11.1 Å². The minimum absolute atomic E-state index is 0.0743. The lowest BCUT2D eigenvalue weighted by Gasteiger charge is -2.13. The van der Waals surface area contributed by atoms with Crippen molar-refractivity contribution in [3.05, 3.63) is 35.9 Å². The first-order chi connectivity index (χ1) is 11.2. The number of aryl methyl sites for hydroxylation is 1. The predicted octanol–water partition coefficient (Wildman–Crippen LogP) is 0.555. The molecule has 0 fully saturated rings. The molecule has 0 spiro atoms. The summed E-state index contributed by atoms with van der Waals surface area (Å²) in [5.41, 5.74) is 5.91. The highest BCUT2D eigenvalue weighted by molar-refractivity contribution is 5.73. The van der Waals surface area contributed by atoms with Crippen LogP contribution in [0.2, 0.25) is 0 Å². The SMILES string of the molecule is C[C@H](N)C(=O)O.O=C(O)CCN[C@H](CCc1ccccc1)C(=O)O. The number of hydrogen-bond donors (Lipinski definition) is 5. The molecular formula is C16H24N2O6. The maximum Gasteiger partial charge on any atom is 0.320 e. The quantitative estimate of drug-likeness (QED) is 0.437. The third-order valence-corrected chi connectivity index (χ3v) is 2.98. The van der Waals surface area contributed by atoms with Gasteiger partial charge in [0, 0.05) is 6.54 Å². The second-order valence-electron chi connectivity index (χ2n) is 5.14. The molecular weight excluding hydrogens is 316 g/mol. The molecule has 0 saturated heterocycles. The Morgan fingerprint density at radius 3 is 2.04 bits per heavy atom. The Morgan fingerprint density at radius 2 is 1.62 bits per heavy atom. The summed E-state index contributed by atoms with van der Waals surface area (Å²) in [5.74, 6) is -2.85. The van der Waals surface area contributed by atoms with Crippen LogP contribution in [0.3, 0.4) is 0 Å². The average molecular weight is 340 g/mol. The van der Waals surface area contributed by atoms with Crippen molar-refractivity contribution in [2.75, 3.05) is 6.54 Å². The normalized spacial score (nSPS) is 12.4. The Kier molecular flexibility index (Phi) is 10.8. The zero-order chi connectivity index (χ0) is 18.5. The van der Waals surface area contributed by atoms with Crippen LogP contribution in [0.5, 0.6) is 0 Å². The molecule has 2 atom stereocenters. The van der Waals surface area contributed by atoms with E-state index in [9.17, 15) is 14.4 Å². The van der Waals surface area contributed by atoms with E-state index in [0.29, 0.717) is 12.8 Å². The van der Waals surface area contributed by atoms with Crippen molar-refractivity contribution in [2.24, 2.45) is 5.73 Å². The Bertz CT molecular complexity index is 519. The van der Waals surface area contributed by atoms with Gasteiger partial charge in [0.25, 0.3) is 0 Å². The molecule has 0 bridgehead atoms. The summed E-state index contributed by atoms with van der Waals surface area (Å²) in [6, 6.07) is 8.16. The Morgan fingerprint density at radius 1 is 1.08 bits per heavy atom. The average Bonchev–Trinajstić information content (AvgIpc) is 2.51. The number of aliphatic carboxylic acids is 3. The Balaban J connectivity index is 0.000000754. The van der Waals surface area contributed by atoms with Crippen molar-refractivity contribution < 1.29 is 29.7 Å². The smallest absolute Gasteiger partial charge is 0.320 e. The van der Waals surface area contributed by atoms with E-state index in [-0.39, 0.29) is 13.0 Å². The van der Waals surface area contributed by atoms with Crippen molar-refractivity contribution in [3.63, 3.8) is 0 Å². The number of carbonyl (C=O) groups is 3. The van der Waals surface area contributed by atoms with E-state index >= 15 is 0 Å². The van der Waals surface area contributed by atoms with Crippen molar-refractivity contribution in [2.45, 2.75) is 38.3 Å². The number of rotatable bonds is 9. The van der Waals surface area contributed by atoms with Gasteiger partial charge in [-0.15, -0.1) is 0 Å². The number of nitrogens with two attached hydrogens (primary N) is 1. The van der Waals surface area contributed by atoms with E-state index in [2.05, 4.69) is 5.32 Å². The van der Waals surface area contributed by atoms with Crippen LogP contribution in [0.15, 0.2) is 30.3 Å². The molecule has 134 valence electrons. The third kappa shape index (κ3) is 11.2. The van der Waals surface area contributed by atoms with Gasteiger partial charge in [-0.05, 0) is 25.3 Å². The second kappa shape index (κ2) is 12.0. The molecule has 24 heavy (non-hydrogen) atoms. The van der Waals surface area contributed by atoms with E-state index in [1.165, 1.54) is 6.92 Å². The third-order valence-electron chi connectivity index (χ3n) is 2.98. The summed E-state index contributed by atoms with van der Waals surface area (Å²) in [6.07, 6.45) is 1.02. The molecule has 0 saturated carbocycles. The highest BCUT2D eigenvalue weighted by atomic mass is 16.4. The molecule has 8 nitrogen and oxygen atoms in total. The minimum Gasteiger partial charge on any atom is -0.481 e. The van der Waals surface area contributed by atoms with Crippen molar-refractivity contribution >= 4 is 17.9 Å². The van der Waals surface area contributed by atoms with Gasteiger partial charge >= 0.3 is 17.9 Å². The van der Waals surface area contributed by atoms with E-state index in [1.807, 2.05) is 30.3 Å². The molecule has 0 aliphatic rings. The maximum atomic E-state index is 11.0. The van der Waals surface area contributed by atoms with Crippen molar-refractivity contribution in [3.8, 4) is 0 Å². The number of carboxylic acid groups (broad SMARTS) is 3. The molecule has 0 unspecified atom stereocenters. The first-order valence-electron chi connectivity index (χ1n) is 7.44. The maximum absolute atomic E-state index is 11.0. The van der Waals surface area contributed by atoms with Crippen LogP contribution in [-0.4, -0.2) is 51.9 Å². The fourth-order valence-corrected chi connectivity index (χ4v) is 1.62. The van der Waals surface area contributed by atoms with Crippen LogP contribution in [0.4, 0.5) is 0 Å². The minimum atomic E-state index is -0.963.